The molecule has 0 fully saturated rings. The van der Waals surface area contributed by atoms with E-state index in [0.717, 1.165) is 15.6 Å². The first-order valence-electron chi connectivity index (χ1n) is 5.97. The third kappa shape index (κ3) is 3.77. The molecule has 2 aromatic rings. The van der Waals surface area contributed by atoms with E-state index in [1.54, 1.807) is 12.1 Å². The lowest BCUT2D eigenvalue weighted by Crippen LogP contribution is -2.00. The van der Waals surface area contributed by atoms with Crippen LogP contribution in [0.4, 0.5) is 0 Å². The van der Waals surface area contributed by atoms with Crippen LogP contribution in [0.25, 0.3) is 0 Å². The summed E-state index contributed by atoms with van der Waals surface area (Å²) in [6, 6.07) is 16.8. The smallest absolute Gasteiger partial charge is 0.163 e. The van der Waals surface area contributed by atoms with Gasteiger partial charge in [0.2, 0.25) is 0 Å². The van der Waals surface area contributed by atoms with Gasteiger partial charge >= 0.3 is 0 Å². The molecule has 0 atom stereocenters. The molecule has 2 nitrogen and oxygen atoms in total. The molecule has 0 aromatic heterocycles. The molecule has 0 heterocycles. The second-order valence-electron chi connectivity index (χ2n) is 4.24. The van der Waals surface area contributed by atoms with Crippen LogP contribution < -0.4 is 0 Å². The number of ketones is 1. The van der Waals surface area contributed by atoms with Gasteiger partial charge < -0.3 is 0 Å². The number of Topliss-reactive ketones (excluding diaryl/α,β-unsaturated/α-hetero) is 1. The van der Waals surface area contributed by atoms with E-state index >= 15 is 0 Å². The molecular weight excluding hydrogens is 302 g/mol. The van der Waals surface area contributed by atoms with Crippen LogP contribution in [0.15, 0.2) is 53.0 Å². The first-order valence-corrected chi connectivity index (χ1v) is 6.76. The van der Waals surface area contributed by atoms with Crippen LogP contribution in [0.2, 0.25) is 0 Å². The molecule has 2 rings (SSSR count). The zero-order chi connectivity index (χ0) is 13.7. The maximum absolute atomic E-state index is 12.0. The summed E-state index contributed by atoms with van der Waals surface area (Å²) < 4.78 is 0.969. The summed E-state index contributed by atoms with van der Waals surface area (Å²) in [5.41, 5.74) is 2.45. The van der Waals surface area contributed by atoms with Gasteiger partial charge in [0.05, 0.1) is 11.6 Å². The largest absolute Gasteiger partial charge is 0.294 e. The van der Waals surface area contributed by atoms with E-state index in [-0.39, 0.29) is 5.78 Å². The number of rotatable bonds is 4. The van der Waals surface area contributed by atoms with Gasteiger partial charge in [-0.05, 0) is 36.2 Å². The first-order chi connectivity index (χ1) is 9.19. The van der Waals surface area contributed by atoms with Crippen molar-refractivity contribution in [2.75, 3.05) is 0 Å². The number of halogens is 1. The van der Waals surface area contributed by atoms with Gasteiger partial charge in [-0.15, -0.1) is 0 Å². The topological polar surface area (TPSA) is 40.9 Å². The molecule has 0 aliphatic carbocycles. The van der Waals surface area contributed by atoms with E-state index in [0.29, 0.717) is 18.4 Å². The van der Waals surface area contributed by atoms with Crippen LogP contribution in [0.5, 0.6) is 0 Å². The van der Waals surface area contributed by atoms with Crippen molar-refractivity contribution in [1.82, 2.24) is 0 Å². The Balaban J connectivity index is 1.96. The summed E-state index contributed by atoms with van der Waals surface area (Å²) in [6.07, 6.45) is 1.17. The van der Waals surface area contributed by atoms with E-state index in [1.165, 1.54) is 0 Å². The minimum atomic E-state index is 0.136. The maximum atomic E-state index is 12.0. The highest BCUT2D eigenvalue weighted by molar-refractivity contribution is 9.10. The molecule has 0 bridgehead atoms. The molecule has 0 saturated heterocycles. The van der Waals surface area contributed by atoms with Gasteiger partial charge in [-0.25, -0.2) is 0 Å². The van der Waals surface area contributed by atoms with Crippen molar-refractivity contribution < 1.29 is 4.79 Å². The number of benzene rings is 2. The molecule has 0 N–H and O–H groups in total. The SMILES string of the molecule is N#Cc1ccc(CCC(=O)c2ccc(Br)cc2)cc1. The van der Waals surface area contributed by atoms with Gasteiger partial charge in [0.25, 0.3) is 0 Å². The van der Waals surface area contributed by atoms with Crippen molar-refractivity contribution in [1.29, 1.82) is 5.26 Å². The Bertz CT molecular complexity index is 609. The third-order valence-corrected chi connectivity index (χ3v) is 3.42. The average molecular weight is 314 g/mol. The Labute approximate surface area is 120 Å². The lowest BCUT2D eigenvalue weighted by atomic mass is 10.0. The fraction of sp³-hybridized carbons (Fsp3) is 0.125. The number of hydrogen-bond donors (Lipinski definition) is 0. The highest BCUT2D eigenvalue weighted by Gasteiger charge is 2.06. The number of hydrogen-bond acceptors (Lipinski definition) is 2. The third-order valence-electron chi connectivity index (χ3n) is 2.89. The van der Waals surface area contributed by atoms with Crippen molar-refractivity contribution in [3.63, 3.8) is 0 Å². The molecule has 0 saturated carbocycles. The van der Waals surface area contributed by atoms with Crippen LogP contribution in [-0.4, -0.2) is 5.78 Å². The maximum Gasteiger partial charge on any atom is 0.163 e. The van der Waals surface area contributed by atoms with Crippen molar-refractivity contribution in [2.24, 2.45) is 0 Å². The molecule has 0 aliphatic heterocycles. The standard InChI is InChI=1S/C16H12BrNO/c17-15-8-6-14(7-9-15)16(19)10-5-12-1-3-13(11-18)4-2-12/h1-4,6-9H,5,10H2. The Kier molecular flexibility index (Phi) is 4.48. The highest BCUT2D eigenvalue weighted by atomic mass is 79.9. The van der Waals surface area contributed by atoms with E-state index in [2.05, 4.69) is 22.0 Å². The summed E-state index contributed by atoms with van der Waals surface area (Å²) in [6.45, 7) is 0. The summed E-state index contributed by atoms with van der Waals surface area (Å²) in [7, 11) is 0. The Morgan fingerprint density at radius 2 is 1.68 bits per heavy atom. The molecule has 0 unspecified atom stereocenters. The molecule has 0 radical (unpaired) electrons. The Morgan fingerprint density at radius 1 is 1.05 bits per heavy atom. The van der Waals surface area contributed by atoms with E-state index in [4.69, 9.17) is 5.26 Å². The number of aryl methyl sites for hydroxylation is 1. The Hall–Kier alpha value is -1.92. The van der Waals surface area contributed by atoms with Crippen molar-refractivity contribution in [2.45, 2.75) is 12.8 Å². The second kappa shape index (κ2) is 6.31. The van der Waals surface area contributed by atoms with Gasteiger partial charge in [-0.2, -0.15) is 5.26 Å². The van der Waals surface area contributed by atoms with Crippen LogP contribution in [0.1, 0.15) is 27.9 Å². The zero-order valence-corrected chi connectivity index (χ0v) is 11.9. The lowest BCUT2D eigenvalue weighted by Gasteiger charge is -2.02. The summed E-state index contributed by atoms with van der Waals surface area (Å²) >= 11 is 3.35. The minimum Gasteiger partial charge on any atom is -0.294 e. The molecule has 19 heavy (non-hydrogen) atoms. The Morgan fingerprint density at radius 3 is 2.26 bits per heavy atom. The minimum absolute atomic E-state index is 0.136. The highest BCUT2D eigenvalue weighted by Crippen LogP contribution is 2.13. The number of nitrogens with zero attached hydrogens (tertiary/aromatic N) is 1. The van der Waals surface area contributed by atoms with Crippen molar-refractivity contribution in [3.8, 4) is 6.07 Å². The number of carbonyl (C=O) groups excluding carboxylic acids is 1. The van der Waals surface area contributed by atoms with E-state index in [9.17, 15) is 4.79 Å². The van der Waals surface area contributed by atoms with Gasteiger partial charge in [-0.3, -0.25) is 4.79 Å². The second-order valence-corrected chi connectivity index (χ2v) is 5.15. The van der Waals surface area contributed by atoms with E-state index < -0.39 is 0 Å². The fourth-order valence-corrected chi connectivity index (χ4v) is 2.05. The van der Waals surface area contributed by atoms with Gasteiger partial charge in [-0.1, -0.05) is 40.2 Å². The summed E-state index contributed by atoms with van der Waals surface area (Å²) in [5, 5.41) is 8.71. The predicted molar refractivity (Wildman–Crippen MR) is 78.0 cm³/mol. The summed E-state index contributed by atoms with van der Waals surface area (Å²) in [4.78, 5) is 12.0. The quantitative estimate of drug-likeness (QED) is 0.796. The molecular formula is C16H12BrNO. The molecule has 2 aromatic carbocycles. The molecule has 3 heteroatoms. The van der Waals surface area contributed by atoms with Gasteiger partial charge in [0, 0.05) is 16.5 Å². The van der Waals surface area contributed by atoms with Crippen LogP contribution >= 0.6 is 15.9 Å². The zero-order valence-electron chi connectivity index (χ0n) is 10.3. The lowest BCUT2D eigenvalue weighted by molar-refractivity contribution is 0.0983. The average Bonchev–Trinajstić information content (AvgIpc) is 2.46. The molecule has 0 amide bonds. The first kappa shape index (κ1) is 13.5. The van der Waals surface area contributed by atoms with Crippen LogP contribution in [-0.2, 0) is 6.42 Å². The molecule has 0 spiro atoms. The van der Waals surface area contributed by atoms with Crippen molar-refractivity contribution >= 4 is 21.7 Å². The number of nitriles is 1. The predicted octanol–water partition coefficient (Wildman–Crippen LogP) is 4.14. The number of carbonyl (C=O) groups is 1. The van der Waals surface area contributed by atoms with Crippen LogP contribution in [0, 0.1) is 11.3 Å². The van der Waals surface area contributed by atoms with Crippen molar-refractivity contribution in [3.05, 3.63) is 69.7 Å². The molecule has 0 aliphatic rings. The normalized spacial score (nSPS) is 9.89. The monoisotopic (exact) mass is 313 g/mol. The van der Waals surface area contributed by atoms with Crippen LogP contribution in [0.3, 0.4) is 0 Å². The van der Waals surface area contributed by atoms with E-state index in [1.807, 2.05) is 36.4 Å². The summed E-state index contributed by atoms with van der Waals surface area (Å²) in [5.74, 6) is 0.136. The fourth-order valence-electron chi connectivity index (χ4n) is 1.78. The van der Waals surface area contributed by atoms with Gasteiger partial charge in [0.15, 0.2) is 5.78 Å². The molecule has 94 valence electrons. The van der Waals surface area contributed by atoms with Gasteiger partial charge in [0.1, 0.15) is 0 Å².